The van der Waals surface area contributed by atoms with E-state index in [0.717, 1.165) is 41.8 Å². The molecule has 4 heterocycles. The average molecular weight is 398 g/mol. The standard InChI is InChI=1S/C18H20N6O2.CH2O2/c19-6-13-16(14-10-25-5-3-15(14)24-17(13)20)11-7-21-18(22-8-11)23-9-12-2-1-4-26-12;2-1-3/h7-8,12H,1-5,9-10H2,(H2,20,24)(H,21,22,23);1H,(H,2,3). The maximum Gasteiger partial charge on any atom is 0.290 e. The van der Waals surface area contributed by atoms with Crippen LogP contribution in [0.15, 0.2) is 12.4 Å². The molecule has 1 fully saturated rings. The smallest absolute Gasteiger partial charge is 0.290 e. The quantitative estimate of drug-likeness (QED) is 0.642. The first kappa shape index (κ1) is 20.4. The number of pyridine rings is 1. The molecule has 2 aromatic rings. The van der Waals surface area contributed by atoms with Crippen LogP contribution >= 0.6 is 0 Å². The van der Waals surface area contributed by atoms with E-state index in [1.165, 1.54) is 0 Å². The highest BCUT2D eigenvalue weighted by atomic mass is 16.5. The van der Waals surface area contributed by atoms with Crippen LogP contribution in [0.25, 0.3) is 11.1 Å². The third-order valence-corrected chi connectivity index (χ3v) is 4.71. The molecular formula is C19H22N6O4. The van der Waals surface area contributed by atoms with Crippen molar-refractivity contribution in [1.29, 1.82) is 5.26 Å². The summed E-state index contributed by atoms with van der Waals surface area (Å²) < 4.78 is 11.1. The second-order valence-electron chi connectivity index (χ2n) is 6.50. The Kier molecular flexibility index (Phi) is 6.89. The average Bonchev–Trinajstić information content (AvgIpc) is 3.26. The van der Waals surface area contributed by atoms with E-state index in [0.29, 0.717) is 37.7 Å². The van der Waals surface area contributed by atoms with Crippen LogP contribution in [0.4, 0.5) is 11.8 Å². The Bertz CT molecular complexity index is 891. The number of carbonyl (C=O) groups is 1. The van der Waals surface area contributed by atoms with Crippen molar-refractivity contribution in [2.24, 2.45) is 0 Å². The summed E-state index contributed by atoms with van der Waals surface area (Å²) >= 11 is 0. The zero-order chi connectivity index (χ0) is 20.6. The van der Waals surface area contributed by atoms with Gasteiger partial charge in [0.15, 0.2) is 0 Å². The minimum Gasteiger partial charge on any atom is -0.483 e. The van der Waals surface area contributed by atoms with E-state index in [1.807, 2.05) is 0 Å². The normalized spacial score (nSPS) is 17.4. The number of aromatic nitrogens is 3. The van der Waals surface area contributed by atoms with Gasteiger partial charge in [0.25, 0.3) is 6.47 Å². The molecule has 10 heteroatoms. The first-order chi connectivity index (χ1) is 14.2. The number of anilines is 2. The minimum absolute atomic E-state index is 0.215. The predicted molar refractivity (Wildman–Crippen MR) is 104 cm³/mol. The summed E-state index contributed by atoms with van der Waals surface area (Å²) in [5, 5.41) is 19.6. The molecular weight excluding hydrogens is 376 g/mol. The van der Waals surface area contributed by atoms with E-state index < -0.39 is 0 Å². The molecule has 0 spiro atoms. The second kappa shape index (κ2) is 9.77. The molecule has 0 aliphatic carbocycles. The van der Waals surface area contributed by atoms with Gasteiger partial charge in [-0.2, -0.15) is 5.26 Å². The monoisotopic (exact) mass is 398 g/mol. The van der Waals surface area contributed by atoms with Gasteiger partial charge in [-0.05, 0) is 12.8 Å². The third kappa shape index (κ3) is 4.77. The number of nitrogens with zero attached hydrogens (tertiary/aromatic N) is 4. The van der Waals surface area contributed by atoms with Crippen LogP contribution in [0, 0.1) is 11.3 Å². The topological polar surface area (TPSA) is 156 Å². The van der Waals surface area contributed by atoms with Gasteiger partial charge in [-0.1, -0.05) is 0 Å². The second-order valence-corrected chi connectivity index (χ2v) is 6.50. The summed E-state index contributed by atoms with van der Waals surface area (Å²) in [5.41, 5.74) is 9.58. The number of hydrogen-bond donors (Lipinski definition) is 3. The van der Waals surface area contributed by atoms with Crippen molar-refractivity contribution in [1.82, 2.24) is 15.0 Å². The van der Waals surface area contributed by atoms with Crippen LogP contribution in [-0.2, 0) is 27.3 Å². The number of rotatable bonds is 4. The highest BCUT2D eigenvalue weighted by Gasteiger charge is 2.23. The summed E-state index contributed by atoms with van der Waals surface area (Å²) in [5.74, 6) is 0.777. The Labute approximate surface area is 167 Å². The highest BCUT2D eigenvalue weighted by Crippen LogP contribution is 2.34. The van der Waals surface area contributed by atoms with Gasteiger partial charge in [-0.15, -0.1) is 0 Å². The lowest BCUT2D eigenvalue weighted by Gasteiger charge is -2.21. The zero-order valence-electron chi connectivity index (χ0n) is 15.8. The molecule has 2 aliphatic heterocycles. The minimum atomic E-state index is -0.250. The maximum atomic E-state index is 9.54. The molecule has 29 heavy (non-hydrogen) atoms. The summed E-state index contributed by atoms with van der Waals surface area (Å²) in [4.78, 5) is 21.5. The van der Waals surface area contributed by atoms with Crippen molar-refractivity contribution in [3.63, 3.8) is 0 Å². The van der Waals surface area contributed by atoms with Crippen LogP contribution in [0.5, 0.6) is 0 Å². The Morgan fingerprint density at radius 3 is 2.79 bits per heavy atom. The zero-order valence-corrected chi connectivity index (χ0v) is 15.8. The molecule has 0 saturated carbocycles. The summed E-state index contributed by atoms with van der Waals surface area (Å²) in [6, 6.07) is 2.16. The Morgan fingerprint density at radius 2 is 2.14 bits per heavy atom. The Hall–Kier alpha value is -3.29. The van der Waals surface area contributed by atoms with E-state index in [4.69, 9.17) is 25.1 Å². The van der Waals surface area contributed by atoms with E-state index in [9.17, 15) is 5.26 Å². The molecule has 4 rings (SSSR count). The number of carboxylic acid groups (broad SMARTS) is 1. The van der Waals surface area contributed by atoms with E-state index in [1.54, 1.807) is 12.4 Å². The van der Waals surface area contributed by atoms with E-state index >= 15 is 0 Å². The fourth-order valence-electron chi connectivity index (χ4n) is 3.39. The van der Waals surface area contributed by atoms with Crippen LogP contribution < -0.4 is 11.1 Å². The van der Waals surface area contributed by atoms with Gasteiger partial charge in [0.05, 0.1) is 25.0 Å². The Balaban J connectivity index is 0.000000755. The molecule has 2 aromatic heterocycles. The van der Waals surface area contributed by atoms with Gasteiger partial charge in [0.1, 0.15) is 17.5 Å². The SMILES string of the molecule is N#Cc1c(N)nc2c(c1-c1cnc(NCC3CCCO3)nc1)COCC2.O=CO. The molecule has 152 valence electrons. The molecule has 1 saturated heterocycles. The Morgan fingerprint density at radius 1 is 1.38 bits per heavy atom. The number of hydrogen-bond acceptors (Lipinski definition) is 9. The fraction of sp³-hybridized carbons (Fsp3) is 0.421. The third-order valence-electron chi connectivity index (χ3n) is 4.71. The van der Waals surface area contributed by atoms with Gasteiger partial charge < -0.3 is 25.6 Å². The first-order valence-electron chi connectivity index (χ1n) is 9.22. The molecule has 4 N–H and O–H groups in total. The number of ether oxygens (including phenoxy) is 2. The molecule has 0 aromatic carbocycles. The number of nitrogens with two attached hydrogens (primary N) is 1. The van der Waals surface area contributed by atoms with Crippen LogP contribution in [0.1, 0.15) is 29.7 Å². The van der Waals surface area contributed by atoms with Crippen molar-refractivity contribution in [2.75, 3.05) is 30.8 Å². The highest BCUT2D eigenvalue weighted by molar-refractivity contribution is 5.78. The first-order valence-corrected chi connectivity index (χ1v) is 9.22. The summed E-state index contributed by atoms with van der Waals surface area (Å²) in [7, 11) is 0. The molecule has 0 radical (unpaired) electrons. The molecule has 0 amide bonds. The molecule has 2 aliphatic rings. The van der Waals surface area contributed by atoms with Crippen LogP contribution in [-0.4, -0.2) is 52.4 Å². The fourth-order valence-corrected chi connectivity index (χ4v) is 3.39. The lowest BCUT2D eigenvalue weighted by atomic mass is 9.94. The maximum absolute atomic E-state index is 9.54. The molecule has 1 unspecified atom stereocenters. The predicted octanol–water partition coefficient (Wildman–Crippen LogP) is 1.36. The summed E-state index contributed by atoms with van der Waals surface area (Å²) in [6.45, 7) is 2.27. The van der Waals surface area contributed by atoms with Crippen molar-refractivity contribution in [3.05, 3.63) is 29.2 Å². The molecule has 10 nitrogen and oxygen atoms in total. The van der Waals surface area contributed by atoms with E-state index in [-0.39, 0.29) is 18.4 Å². The largest absolute Gasteiger partial charge is 0.483 e. The number of fused-ring (bicyclic) bond motifs is 1. The summed E-state index contributed by atoms with van der Waals surface area (Å²) in [6.07, 6.45) is 6.46. The van der Waals surface area contributed by atoms with Crippen molar-refractivity contribution < 1.29 is 19.4 Å². The van der Waals surface area contributed by atoms with Crippen molar-refractivity contribution >= 4 is 18.2 Å². The number of nitrogens with one attached hydrogen (secondary N) is 1. The lowest BCUT2D eigenvalue weighted by molar-refractivity contribution is -0.122. The number of nitrogen functional groups attached to an aromatic ring is 1. The van der Waals surface area contributed by atoms with Crippen LogP contribution in [0.3, 0.4) is 0 Å². The van der Waals surface area contributed by atoms with Crippen molar-refractivity contribution in [2.45, 2.75) is 32.0 Å². The van der Waals surface area contributed by atoms with Gasteiger partial charge in [-0.3, -0.25) is 4.79 Å². The van der Waals surface area contributed by atoms with Gasteiger partial charge in [-0.25, -0.2) is 15.0 Å². The van der Waals surface area contributed by atoms with Crippen LogP contribution in [0.2, 0.25) is 0 Å². The molecule has 1 atom stereocenters. The number of nitriles is 1. The van der Waals surface area contributed by atoms with Crippen molar-refractivity contribution in [3.8, 4) is 17.2 Å². The molecule has 0 bridgehead atoms. The van der Waals surface area contributed by atoms with Gasteiger partial charge in [0, 0.05) is 48.7 Å². The van der Waals surface area contributed by atoms with Gasteiger partial charge in [0.2, 0.25) is 5.95 Å². The van der Waals surface area contributed by atoms with Gasteiger partial charge >= 0.3 is 0 Å². The lowest BCUT2D eigenvalue weighted by Crippen LogP contribution is -2.19. The van der Waals surface area contributed by atoms with E-state index in [2.05, 4.69) is 26.3 Å².